The van der Waals surface area contributed by atoms with Crippen LogP contribution in [-0.4, -0.2) is 36.8 Å². The number of thiophene rings is 1. The SMILES string of the molecule is Cn1ncc2c(=O)n(CC(=O)NCC(c3cccs3)c3c[nH]c4ccccc34)cnc21. The van der Waals surface area contributed by atoms with Crippen molar-refractivity contribution in [3.8, 4) is 0 Å². The molecule has 4 heterocycles. The number of amides is 1. The number of benzene rings is 1. The molecule has 0 aliphatic carbocycles. The fraction of sp³-hybridized carbons (Fsp3) is 0.182. The number of carbonyl (C=O) groups is 1. The van der Waals surface area contributed by atoms with E-state index in [0.717, 1.165) is 16.5 Å². The molecule has 1 aromatic carbocycles. The van der Waals surface area contributed by atoms with E-state index in [-0.39, 0.29) is 23.9 Å². The summed E-state index contributed by atoms with van der Waals surface area (Å²) in [7, 11) is 1.72. The van der Waals surface area contributed by atoms with Gasteiger partial charge in [-0.3, -0.25) is 18.8 Å². The van der Waals surface area contributed by atoms with Crippen LogP contribution in [0.1, 0.15) is 16.4 Å². The van der Waals surface area contributed by atoms with Crippen molar-refractivity contribution in [2.45, 2.75) is 12.5 Å². The van der Waals surface area contributed by atoms with E-state index in [4.69, 9.17) is 0 Å². The van der Waals surface area contributed by atoms with Crippen LogP contribution in [-0.2, 0) is 18.4 Å². The van der Waals surface area contributed by atoms with Gasteiger partial charge in [-0.15, -0.1) is 11.3 Å². The van der Waals surface area contributed by atoms with Crippen molar-refractivity contribution in [1.29, 1.82) is 0 Å². The second-order valence-electron chi connectivity index (χ2n) is 7.34. The third kappa shape index (κ3) is 3.53. The summed E-state index contributed by atoms with van der Waals surface area (Å²) >= 11 is 1.66. The van der Waals surface area contributed by atoms with Gasteiger partial charge in [-0.05, 0) is 23.1 Å². The molecule has 8 nitrogen and oxygen atoms in total. The summed E-state index contributed by atoms with van der Waals surface area (Å²) in [4.78, 5) is 34.0. The van der Waals surface area contributed by atoms with Crippen molar-refractivity contribution >= 4 is 39.2 Å². The third-order valence-electron chi connectivity index (χ3n) is 5.42. The number of carbonyl (C=O) groups excluding carboxylic acids is 1. The van der Waals surface area contributed by atoms with Gasteiger partial charge in [0.25, 0.3) is 5.56 Å². The molecule has 1 unspecified atom stereocenters. The number of para-hydroxylation sites is 1. The second-order valence-corrected chi connectivity index (χ2v) is 8.32. The molecule has 4 aromatic heterocycles. The average Bonchev–Trinajstić information content (AvgIpc) is 3.52. The molecule has 0 aliphatic heterocycles. The maximum Gasteiger partial charge on any atom is 0.264 e. The summed E-state index contributed by atoms with van der Waals surface area (Å²) in [6, 6.07) is 12.2. The molecule has 0 fully saturated rings. The van der Waals surface area contributed by atoms with E-state index in [1.54, 1.807) is 18.4 Å². The zero-order chi connectivity index (χ0) is 21.4. The highest BCUT2D eigenvalue weighted by molar-refractivity contribution is 7.10. The minimum atomic E-state index is -0.278. The van der Waals surface area contributed by atoms with Crippen LogP contribution < -0.4 is 10.9 Å². The number of H-pyrrole nitrogens is 1. The molecule has 0 saturated heterocycles. The maximum atomic E-state index is 12.7. The lowest BCUT2D eigenvalue weighted by Gasteiger charge is -2.16. The predicted octanol–water partition coefficient (Wildman–Crippen LogP) is 2.62. The van der Waals surface area contributed by atoms with Crippen molar-refractivity contribution in [3.63, 3.8) is 0 Å². The van der Waals surface area contributed by atoms with Crippen LogP contribution in [0.25, 0.3) is 21.9 Å². The van der Waals surface area contributed by atoms with E-state index in [0.29, 0.717) is 17.6 Å². The standard InChI is InChI=1S/C22H20N6O2S/c1-27-21-17(11-26-27)22(30)28(13-25-21)12-20(29)24-10-16(19-7-4-8-31-19)15-9-23-18-6-3-2-5-14(15)18/h2-9,11,13,16,23H,10,12H2,1H3,(H,24,29). The second kappa shape index (κ2) is 7.84. The summed E-state index contributed by atoms with van der Waals surface area (Å²) < 4.78 is 2.85. The molecular formula is C22H20N6O2S. The molecule has 0 radical (unpaired) electrons. The van der Waals surface area contributed by atoms with Crippen LogP contribution in [0.3, 0.4) is 0 Å². The molecule has 31 heavy (non-hydrogen) atoms. The topological polar surface area (TPSA) is 97.6 Å². The van der Waals surface area contributed by atoms with Crippen molar-refractivity contribution in [3.05, 3.63) is 81.3 Å². The summed E-state index contributed by atoms with van der Waals surface area (Å²) in [6.07, 6.45) is 4.87. The minimum absolute atomic E-state index is 0.00995. The zero-order valence-corrected chi connectivity index (χ0v) is 17.6. The largest absolute Gasteiger partial charge is 0.361 e. The van der Waals surface area contributed by atoms with E-state index in [9.17, 15) is 9.59 Å². The highest BCUT2D eigenvalue weighted by Gasteiger charge is 2.20. The molecule has 5 rings (SSSR count). The first kappa shape index (κ1) is 19.3. The van der Waals surface area contributed by atoms with Crippen LogP contribution in [0, 0.1) is 0 Å². The fourth-order valence-electron chi connectivity index (χ4n) is 3.84. The number of aryl methyl sites for hydroxylation is 1. The first-order valence-electron chi connectivity index (χ1n) is 9.85. The van der Waals surface area contributed by atoms with Crippen molar-refractivity contribution in [1.82, 2.24) is 29.6 Å². The monoisotopic (exact) mass is 432 g/mol. The zero-order valence-electron chi connectivity index (χ0n) is 16.8. The van der Waals surface area contributed by atoms with Crippen LogP contribution in [0.5, 0.6) is 0 Å². The van der Waals surface area contributed by atoms with Gasteiger partial charge < -0.3 is 10.3 Å². The summed E-state index contributed by atoms with van der Waals surface area (Å²) in [5.74, 6) is -0.232. The first-order chi connectivity index (χ1) is 15.1. The molecule has 156 valence electrons. The van der Waals surface area contributed by atoms with Gasteiger partial charge in [-0.2, -0.15) is 5.10 Å². The number of aromatic amines is 1. The number of rotatable bonds is 6. The number of hydrogen-bond donors (Lipinski definition) is 2. The molecular weight excluding hydrogens is 412 g/mol. The smallest absolute Gasteiger partial charge is 0.264 e. The van der Waals surface area contributed by atoms with Crippen LogP contribution in [0.15, 0.2) is 65.3 Å². The van der Waals surface area contributed by atoms with E-state index < -0.39 is 0 Å². The molecule has 0 bridgehead atoms. The van der Waals surface area contributed by atoms with Gasteiger partial charge in [0, 0.05) is 41.5 Å². The van der Waals surface area contributed by atoms with Crippen molar-refractivity contribution < 1.29 is 4.79 Å². The van der Waals surface area contributed by atoms with Gasteiger partial charge in [0.2, 0.25) is 5.91 Å². The molecule has 5 aromatic rings. The normalized spacial score (nSPS) is 12.4. The lowest BCUT2D eigenvalue weighted by atomic mass is 9.96. The first-order valence-corrected chi connectivity index (χ1v) is 10.7. The van der Waals surface area contributed by atoms with Gasteiger partial charge in [0.05, 0.1) is 6.20 Å². The third-order valence-corrected chi connectivity index (χ3v) is 6.40. The molecule has 0 aliphatic rings. The van der Waals surface area contributed by atoms with Crippen molar-refractivity contribution in [2.75, 3.05) is 6.54 Å². The quantitative estimate of drug-likeness (QED) is 0.431. The Bertz CT molecular complexity index is 1430. The Morgan fingerprint density at radius 3 is 2.94 bits per heavy atom. The molecule has 1 amide bonds. The van der Waals surface area contributed by atoms with Crippen LogP contribution in [0.2, 0.25) is 0 Å². The average molecular weight is 433 g/mol. The number of nitrogens with one attached hydrogen (secondary N) is 2. The number of nitrogens with zero attached hydrogens (tertiary/aromatic N) is 4. The highest BCUT2D eigenvalue weighted by atomic mass is 32.1. The lowest BCUT2D eigenvalue weighted by molar-refractivity contribution is -0.121. The Morgan fingerprint density at radius 1 is 1.23 bits per heavy atom. The van der Waals surface area contributed by atoms with E-state index in [2.05, 4.69) is 32.5 Å². The molecule has 0 spiro atoms. The van der Waals surface area contributed by atoms with Gasteiger partial charge in [0.1, 0.15) is 18.3 Å². The van der Waals surface area contributed by atoms with E-state index in [1.807, 2.05) is 35.8 Å². The summed E-state index contributed by atoms with van der Waals surface area (Å²) in [5.41, 5.74) is 2.42. The van der Waals surface area contributed by atoms with Gasteiger partial charge >= 0.3 is 0 Å². The van der Waals surface area contributed by atoms with E-state index in [1.165, 1.54) is 26.7 Å². The Kier molecular flexibility index (Phi) is 4.87. The Labute approximate surface area is 181 Å². The molecule has 1 atom stereocenters. The minimum Gasteiger partial charge on any atom is -0.361 e. The number of fused-ring (bicyclic) bond motifs is 2. The van der Waals surface area contributed by atoms with Gasteiger partial charge in [0.15, 0.2) is 5.65 Å². The molecule has 0 saturated carbocycles. The fourth-order valence-corrected chi connectivity index (χ4v) is 4.69. The van der Waals surface area contributed by atoms with Gasteiger partial charge in [-0.25, -0.2) is 4.98 Å². The Balaban J connectivity index is 1.37. The van der Waals surface area contributed by atoms with Gasteiger partial charge in [-0.1, -0.05) is 24.3 Å². The highest BCUT2D eigenvalue weighted by Crippen LogP contribution is 2.32. The number of hydrogen-bond acceptors (Lipinski definition) is 5. The number of aromatic nitrogens is 5. The van der Waals surface area contributed by atoms with Crippen LogP contribution in [0.4, 0.5) is 0 Å². The molecule has 9 heteroatoms. The van der Waals surface area contributed by atoms with Crippen molar-refractivity contribution in [2.24, 2.45) is 7.05 Å². The van der Waals surface area contributed by atoms with E-state index >= 15 is 0 Å². The predicted molar refractivity (Wildman–Crippen MR) is 120 cm³/mol. The molecule has 2 N–H and O–H groups in total. The Morgan fingerprint density at radius 2 is 2.10 bits per heavy atom. The van der Waals surface area contributed by atoms with Crippen LogP contribution >= 0.6 is 11.3 Å². The summed E-state index contributed by atoms with van der Waals surface area (Å²) in [6.45, 7) is 0.334. The lowest BCUT2D eigenvalue weighted by Crippen LogP contribution is -2.34. The Hall–Kier alpha value is -3.72. The summed E-state index contributed by atoms with van der Waals surface area (Å²) in [5, 5.41) is 10.6. The maximum absolute atomic E-state index is 12.7.